The van der Waals surface area contributed by atoms with Crippen molar-refractivity contribution in [3.8, 4) is 5.75 Å². The molecular formula is C20H27FN2O+2. The highest BCUT2D eigenvalue weighted by Gasteiger charge is 2.23. The Balaban J connectivity index is 1.46. The van der Waals surface area contributed by atoms with Crippen molar-refractivity contribution in [3.05, 3.63) is 65.5 Å². The summed E-state index contributed by atoms with van der Waals surface area (Å²) in [5, 5.41) is 0. The summed E-state index contributed by atoms with van der Waals surface area (Å²) in [7, 11) is 0. The van der Waals surface area contributed by atoms with Gasteiger partial charge in [-0.1, -0.05) is 12.1 Å². The van der Waals surface area contributed by atoms with Crippen LogP contribution in [0.3, 0.4) is 0 Å². The molecule has 0 aliphatic carbocycles. The topological polar surface area (TPSA) is 18.1 Å². The van der Waals surface area contributed by atoms with Crippen LogP contribution in [0.1, 0.15) is 18.1 Å². The fraction of sp³-hybridized carbons (Fsp3) is 0.400. The number of hydrogen-bond donors (Lipinski definition) is 2. The summed E-state index contributed by atoms with van der Waals surface area (Å²) in [5.74, 6) is 0.812. The molecule has 1 fully saturated rings. The van der Waals surface area contributed by atoms with Gasteiger partial charge in [0.15, 0.2) is 0 Å². The van der Waals surface area contributed by atoms with Crippen LogP contribution in [0.25, 0.3) is 0 Å². The lowest BCUT2D eigenvalue weighted by atomic mass is 10.1. The second-order valence-corrected chi connectivity index (χ2v) is 6.56. The average Bonchev–Trinajstić information content (AvgIpc) is 2.59. The van der Waals surface area contributed by atoms with Gasteiger partial charge in [0.25, 0.3) is 0 Å². The Morgan fingerprint density at radius 1 is 0.875 bits per heavy atom. The number of halogens is 1. The summed E-state index contributed by atoms with van der Waals surface area (Å²) in [6, 6.07) is 15.5. The van der Waals surface area contributed by atoms with Gasteiger partial charge in [-0.05, 0) is 43.3 Å². The number of rotatable bonds is 6. The summed E-state index contributed by atoms with van der Waals surface area (Å²) in [6.45, 7) is 9.32. The molecule has 0 unspecified atom stereocenters. The molecule has 2 N–H and O–H groups in total. The fourth-order valence-electron chi connectivity index (χ4n) is 3.41. The van der Waals surface area contributed by atoms with Gasteiger partial charge in [-0.15, -0.1) is 0 Å². The second-order valence-electron chi connectivity index (χ2n) is 6.56. The van der Waals surface area contributed by atoms with Gasteiger partial charge < -0.3 is 14.5 Å². The monoisotopic (exact) mass is 330 g/mol. The van der Waals surface area contributed by atoms with Crippen LogP contribution in [0.5, 0.6) is 5.75 Å². The van der Waals surface area contributed by atoms with E-state index in [4.69, 9.17) is 4.74 Å². The van der Waals surface area contributed by atoms with Crippen molar-refractivity contribution in [1.29, 1.82) is 0 Å². The highest BCUT2D eigenvalue weighted by atomic mass is 19.1. The third kappa shape index (κ3) is 4.79. The molecule has 1 aliphatic heterocycles. The highest BCUT2D eigenvalue weighted by Crippen LogP contribution is 2.11. The molecule has 3 rings (SSSR count). The molecule has 0 radical (unpaired) electrons. The van der Waals surface area contributed by atoms with E-state index in [1.807, 2.05) is 13.0 Å². The zero-order valence-electron chi connectivity index (χ0n) is 14.4. The van der Waals surface area contributed by atoms with E-state index in [2.05, 4.69) is 24.3 Å². The number of nitrogens with one attached hydrogen (secondary N) is 2. The standard InChI is InChI=1S/C20H25FN2O/c1-2-24-20-8-6-17(7-9-20)15-22-10-12-23(13-11-22)16-18-4-3-5-19(21)14-18/h3-9,14H,2,10-13,15-16H2,1H3/p+2. The van der Waals surface area contributed by atoms with Gasteiger partial charge in [-0.3, -0.25) is 0 Å². The average molecular weight is 330 g/mol. The van der Waals surface area contributed by atoms with E-state index in [1.165, 1.54) is 11.6 Å². The lowest BCUT2D eigenvalue weighted by molar-refractivity contribution is -1.02. The maximum atomic E-state index is 13.3. The van der Waals surface area contributed by atoms with Gasteiger partial charge in [0.05, 0.1) is 6.61 Å². The predicted octanol–water partition coefficient (Wildman–Crippen LogP) is 0.708. The number of quaternary nitrogens is 2. The first-order chi connectivity index (χ1) is 11.7. The van der Waals surface area contributed by atoms with E-state index in [0.29, 0.717) is 6.61 Å². The molecule has 1 aliphatic rings. The van der Waals surface area contributed by atoms with Gasteiger partial charge in [-0.2, -0.15) is 0 Å². The molecule has 0 aromatic heterocycles. The first-order valence-electron chi connectivity index (χ1n) is 8.86. The van der Waals surface area contributed by atoms with Crippen molar-refractivity contribution in [1.82, 2.24) is 0 Å². The number of piperazine rings is 1. The van der Waals surface area contributed by atoms with E-state index in [0.717, 1.165) is 50.6 Å². The van der Waals surface area contributed by atoms with Crippen LogP contribution in [0.2, 0.25) is 0 Å². The Bertz CT molecular complexity index is 636. The van der Waals surface area contributed by atoms with Gasteiger partial charge in [0.2, 0.25) is 0 Å². The largest absolute Gasteiger partial charge is 0.494 e. The maximum Gasteiger partial charge on any atom is 0.127 e. The second kappa shape index (κ2) is 8.27. The number of ether oxygens (including phenoxy) is 1. The van der Waals surface area contributed by atoms with Crippen LogP contribution in [0.4, 0.5) is 4.39 Å². The Kier molecular flexibility index (Phi) is 5.83. The maximum absolute atomic E-state index is 13.3. The van der Waals surface area contributed by atoms with Crippen LogP contribution < -0.4 is 14.5 Å². The number of hydrogen-bond acceptors (Lipinski definition) is 1. The normalized spacial score (nSPS) is 20.8. The molecule has 3 nitrogen and oxygen atoms in total. The third-order valence-corrected chi connectivity index (χ3v) is 4.70. The van der Waals surface area contributed by atoms with Crippen LogP contribution in [-0.4, -0.2) is 32.8 Å². The molecule has 24 heavy (non-hydrogen) atoms. The minimum atomic E-state index is -0.133. The Labute approximate surface area is 143 Å². The van der Waals surface area contributed by atoms with Crippen LogP contribution in [0.15, 0.2) is 48.5 Å². The molecule has 0 bridgehead atoms. The molecule has 0 saturated carbocycles. The Morgan fingerprint density at radius 2 is 1.50 bits per heavy atom. The highest BCUT2D eigenvalue weighted by molar-refractivity contribution is 5.26. The third-order valence-electron chi connectivity index (χ3n) is 4.70. The van der Waals surface area contributed by atoms with Crippen LogP contribution >= 0.6 is 0 Å². The predicted molar refractivity (Wildman–Crippen MR) is 92.8 cm³/mol. The molecule has 4 heteroatoms. The van der Waals surface area contributed by atoms with E-state index in [9.17, 15) is 4.39 Å². The molecule has 1 heterocycles. The molecule has 1 saturated heterocycles. The van der Waals surface area contributed by atoms with Crippen LogP contribution in [-0.2, 0) is 13.1 Å². The fourth-order valence-corrected chi connectivity index (χ4v) is 3.41. The lowest BCUT2D eigenvalue weighted by Crippen LogP contribution is -3.27. The zero-order valence-corrected chi connectivity index (χ0v) is 14.4. The van der Waals surface area contributed by atoms with Gasteiger partial charge in [-0.25, -0.2) is 4.39 Å². The van der Waals surface area contributed by atoms with Crippen molar-refractivity contribution in [2.75, 3.05) is 32.8 Å². The van der Waals surface area contributed by atoms with Gasteiger partial charge in [0, 0.05) is 11.1 Å². The van der Waals surface area contributed by atoms with Crippen molar-refractivity contribution < 1.29 is 18.9 Å². The van der Waals surface area contributed by atoms with E-state index < -0.39 is 0 Å². The van der Waals surface area contributed by atoms with Crippen LogP contribution in [0, 0.1) is 5.82 Å². The summed E-state index contributed by atoms with van der Waals surface area (Å²) in [4.78, 5) is 3.18. The molecule has 128 valence electrons. The van der Waals surface area contributed by atoms with Gasteiger partial charge in [0.1, 0.15) is 50.8 Å². The van der Waals surface area contributed by atoms with Crippen molar-refractivity contribution >= 4 is 0 Å². The molecule has 0 spiro atoms. The molecule has 0 atom stereocenters. The van der Waals surface area contributed by atoms with E-state index in [1.54, 1.807) is 21.9 Å². The van der Waals surface area contributed by atoms with Crippen molar-refractivity contribution in [2.24, 2.45) is 0 Å². The first-order valence-corrected chi connectivity index (χ1v) is 8.86. The molecular weight excluding hydrogens is 303 g/mol. The first kappa shape index (κ1) is 16.9. The van der Waals surface area contributed by atoms with E-state index >= 15 is 0 Å². The molecule has 2 aromatic carbocycles. The zero-order chi connectivity index (χ0) is 16.8. The summed E-state index contributed by atoms with van der Waals surface area (Å²) >= 11 is 0. The quantitative estimate of drug-likeness (QED) is 0.798. The van der Waals surface area contributed by atoms with Gasteiger partial charge >= 0.3 is 0 Å². The summed E-state index contributed by atoms with van der Waals surface area (Å²) in [5.41, 5.74) is 2.46. The SMILES string of the molecule is CCOc1ccc(C[NH+]2CC[NH+](Cc3cccc(F)c3)CC2)cc1. The minimum Gasteiger partial charge on any atom is -0.494 e. The summed E-state index contributed by atoms with van der Waals surface area (Å²) in [6.07, 6.45) is 0. The molecule has 0 amide bonds. The lowest BCUT2D eigenvalue weighted by Gasteiger charge is -2.29. The Morgan fingerprint density at radius 3 is 2.08 bits per heavy atom. The summed E-state index contributed by atoms with van der Waals surface area (Å²) < 4.78 is 18.8. The number of benzene rings is 2. The smallest absolute Gasteiger partial charge is 0.127 e. The van der Waals surface area contributed by atoms with Crippen molar-refractivity contribution in [3.63, 3.8) is 0 Å². The minimum absolute atomic E-state index is 0.133. The van der Waals surface area contributed by atoms with E-state index in [-0.39, 0.29) is 5.82 Å². The van der Waals surface area contributed by atoms with Crippen molar-refractivity contribution in [2.45, 2.75) is 20.0 Å². The molecule has 2 aromatic rings. The Hall–Kier alpha value is -1.91.